The minimum atomic E-state index is -0.311. The molecule has 13 heavy (non-hydrogen) atoms. The van der Waals surface area contributed by atoms with E-state index >= 15 is 0 Å². The van der Waals surface area contributed by atoms with Gasteiger partial charge in [-0.15, -0.1) is 0 Å². The highest BCUT2D eigenvalue weighted by Crippen LogP contribution is 2.39. The van der Waals surface area contributed by atoms with Gasteiger partial charge in [0.1, 0.15) is 0 Å². The van der Waals surface area contributed by atoms with Crippen molar-refractivity contribution in [2.24, 2.45) is 16.5 Å². The predicted molar refractivity (Wildman–Crippen MR) is 50.5 cm³/mol. The summed E-state index contributed by atoms with van der Waals surface area (Å²) in [5.74, 6) is 0.356. The minimum absolute atomic E-state index is 0.0609. The van der Waals surface area contributed by atoms with Gasteiger partial charge in [0.2, 0.25) is 0 Å². The summed E-state index contributed by atoms with van der Waals surface area (Å²) in [6.07, 6.45) is 1.50. The van der Waals surface area contributed by atoms with Gasteiger partial charge in [0.05, 0.1) is 11.8 Å². The van der Waals surface area contributed by atoms with Crippen LogP contribution in [-0.4, -0.2) is 23.0 Å². The Morgan fingerprint density at radius 1 is 1.38 bits per heavy atom. The van der Waals surface area contributed by atoms with Gasteiger partial charge in [0.15, 0.2) is 6.10 Å². The molecule has 1 heterocycles. The van der Waals surface area contributed by atoms with E-state index in [1.807, 2.05) is 0 Å². The van der Waals surface area contributed by atoms with Crippen LogP contribution >= 0.6 is 0 Å². The second kappa shape index (κ2) is 2.71. The van der Waals surface area contributed by atoms with E-state index in [9.17, 15) is 5.11 Å². The van der Waals surface area contributed by atoms with Gasteiger partial charge in [-0.3, -0.25) is 0 Å². The summed E-state index contributed by atoms with van der Waals surface area (Å²) < 4.78 is 0. The second-order valence-electron chi connectivity index (χ2n) is 5.05. The third kappa shape index (κ3) is 1.35. The maximum absolute atomic E-state index is 9.58. The van der Waals surface area contributed by atoms with Gasteiger partial charge < -0.3 is 9.94 Å². The smallest absolute Gasteiger partial charge is 0.161 e. The first-order valence-electron chi connectivity index (χ1n) is 4.92. The Bertz CT molecular complexity index is 242. The molecule has 0 unspecified atom stereocenters. The summed E-state index contributed by atoms with van der Waals surface area (Å²) in [4.78, 5) is 5.27. The summed E-state index contributed by atoms with van der Waals surface area (Å²) >= 11 is 0. The first-order valence-corrected chi connectivity index (χ1v) is 4.92. The van der Waals surface area contributed by atoms with E-state index in [0.29, 0.717) is 5.92 Å². The van der Waals surface area contributed by atoms with E-state index in [4.69, 9.17) is 4.84 Å². The summed E-state index contributed by atoms with van der Waals surface area (Å²) in [6, 6.07) is 0. The summed E-state index contributed by atoms with van der Waals surface area (Å²) in [6.45, 7) is 6.42. The number of hydrogen-bond donors (Lipinski definition) is 1. The van der Waals surface area contributed by atoms with Crippen molar-refractivity contribution in [3.8, 4) is 0 Å². The van der Waals surface area contributed by atoms with Crippen LogP contribution in [0.4, 0.5) is 0 Å². The Balaban J connectivity index is 2.18. The minimum Gasteiger partial charge on any atom is -0.389 e. The highest BCUT2D eigenvalue weighted by molar-refractivity contribution is 5.92. The fourth-order valence-corrected chi connectivity index (χ4v) is 2.26. The molecule has 0 amide bonds. The lowest BCUT2D eigenvalue weighted by molar-refractivity contribution is -0.0102. The van der Waals surface area contributed by atoms with Crippen molar-refractivity contribution < 1.29 is 9.94 Å². The number of rotatable bonds is 0. The zero-order chi connectivity index (χ0) is 9.64. The van der Waals surface area contributed by atoms with Crippen LogP contribution in [0, 0.1) is 11.3 Å². The van der Waals surface area contributed by atoms with Crippen molar-refractivity contribution >= 4 is 5.71 Å². The molecule has 1 fully saturated rings. The number of oxime groups is 1. The molecule has 0 bridgehead atoms. The molecule has 1 N–H and O–H groups in total. The quantitative estimate of drug-likeness (QED) is 0.619. The molecule has 0 saturated heterocycles. The second-order valence-corrected chi connectivity index (χ2v) is 5.05. The van der Waals surface area contributed by atoms with Crippen molar-refractivity contribution in [1.82, 2.24) is 0 Å². The molecule has 0 radical (unpaired) electrons. The van der Waals surface area contributed by atoms with E-state index in [2.05, 4.69) is 25.9 Å². The Labute approximate surface area is 78.8 Å². The molecule has 2 rings (SSSR count). The van der Waals surface area contributed by atoms with Crippen molar-refractivity contribution in [3.63, 3.8) is 0 Å². The molecule has 3 atom stereocenters. The van der Waals surface area contributed by atoms with Gasteiger partial charge >= 0.3 is 0 Å². The van der Waals surface area contributed by atoms with Gasteiger partial charge in [-0.05, 0) is 12.8 Å². The molecule has 2 aliphatic rings. The molecule has 0 aromatic rings. The molecule has 0 aromatic carbocycles. The summed E-state index contributed by atoms with van der Waals surface area (Å²) in [5.41, 5.74) is 1.19. The fraction of sp³-hybridized carbons (Fsp3) is 0.900. The van der Waals surface area contributed by atoms with Crippen molar-refractivity contribution in [2.75, 3.05) is 0 Å². The van der Waals surface area contributed by atoms with Gasteiger partial charge in [-0.2, -0.15) is 0 Å². The van der Waals surface area contributed by atoms with E-state index in [-0.39, 0.29) is 17.6 Å². The van der Waals surface area contributed by atoms with Crippen LogP contribution in [0.15, 0.2) is 5.16 Å². The van der Waals surface area contributed by atoms with Gasteiger partial charge in [-0.25, -0.2) is 0 Å². The van der Waals surface area contributed by atoms with Crippen molar-refractivity contribution in [3.05, 3.63) is 0 Å². The third-order valence-corrected chi connectivity index (χ3v) is 2.94. The Morgan fingerprint density at radius 3 is 2.69 bits per heavy atom. The molecular weight excluding hydrogens is 166 g/mol. The number of aliphatic hydroxyl groups is 1. The molecule has 1 saturated carbocycles. The lowest BCUT2D eigenvalue weighted by Crippen LogP contribution is -2.31. The molecule has 3 heteroatoms. The molecule has 0 aromatic heterocycles. The zero-order valence-corrected chi connectivity index (χ0v) is 8.45. The molecule has 0 spiro atoms. The summed E-state index contributed by atoms with van der Waals surface area (Å²) in [5, 5.41) is 13.7. The van der Waals surface area contributed by atoms with E-state index < -0.39 is 0 Å². The van der Waals surface area contributed by atoms with Crippen molar-refractivity contribution in [1.29, 1.82) is 0 Å². The predicted octanol–water partition coefficient (Wildman–Crippen LogP) is 1.56. The monoisotopic (exact) mass is 183 g/mol. The van der Waals surface area contributed by atoms with Crippen LogP contribution in [0.2, 0.25) is 0 Å². The molecule has 1 aliphatic heterocycles. The first kappa shape index (κ1) is 9.00. The maximum atomic E-state index is 9.58. The highest BCUT2D eigenvalue weighted by Gasteiger charge is 2.47. The van der Waals surface area contributed by atoms with Crippen LogP contribution in [-0.2, 0) is 4.84 Å². The van der Waals surface area contributed by atoms with E-state index in [0.717, 1.165) is 18.6 Å². The average Bonchev–Trinajstić information content (AvgIpc) is 2.51. The number of hydrogen-bond acceptors (Lipinski definition) is 3. The third-order valence-electron chi connectivity index (χ3n) is 2.94. The number of fused-ring (bicyclic) bond motifs is 1. The van der Waals surface area contributed by atoms with Crippen LogP contribution < -0.4 is 0 Å². The van der Waals surface area contributed by atoms with E-state index in [1.54, 1.807) is 0 Å². The van der Waals surface area contributed by atoms with Crippen LogP contribution in [0.3, 0.4) is 0 Å². The fourth-order valence-electron chi connectivity index (χ4n) is 2.26. The van der Waals surface area contributed by atoms with Crippen LogP contribution in [0.1, 0.15) is 33.6 Å². The molecule has 74 valence electrons. The van der Waals surface area contributed by atoms with Gasteiger partial charge in [0, 0.05) is 11.3 Å². The maximum Gasteiger partial charge on any atom is 0.161 e. The van der Waals surface area contributed by atoms with Crippen molar-refractivity contribution in [2.45, 2.75) is 45.8 Å². The molecule has 1 aliphatic carbocycles. The average molecular weight is 183 g/mol. The standard InChI is InChI=1S/C10H17NO2/c1-10(2,3)9-6-4-5-7(12)8(6)13-11-9/h6-8,12H,4-5H2,1-3H3/t6-,7+,8-/m1/s1. The largest absolute Gasteiger partial charge is 0.389 e. The van der Waals surface area contributed by atoms with Crippen LogP contribution in [0.5, 0.6) is 0 Å². The first-order chi connectivity index (χ1) is 6.00. The zero-order valence-electron chi connectivity index (χ0n) is 8.45. The van der Waals surface area contributed by atoms with E-state index in [1.165, 1.54) is 0 Å². The summed E-state index contributed by atoms with van der Waals surface area (Å²) in [7, 11) is 0. The normalized spacial score (nSPS) is 38.5. The highest BCUT2D eigenvalue weighted by atomic mass is 16.7. The van der Waals surface area contributed by atoms with Gasteiger partial charge in [0.25, 0.3) is 0 Å². The molecular formula is C10H17NO2. The Hall–Kier alpha value is -0.570. The molecule has 3 nitrogen and oxygen atoms in total. The number of aliphatic hydroxyl groups excluding tert-OH is 1. The van der Waals surface area contributed by atoms with Gasteiger partial charge in [-0.1, -0.05) is 25.9 Å². The SMILES string of the molecule is CC(C)(C)C1=NO[C@H]2[C@@H](O)CC[C@@H]12. The lowest BCUT2D eigenvalue weighted by atomic mass is 9.81. The Kier molecular flexibility index (Phi) is 1.88. The van der Waals surface area contributed by atoms with Crippen LogP contribution in [0.25, 0.3) is 0 Å². The topological polar surface area (TPSA) is 41.8 Å². The number of nitrogens with zero attached hydrogens (tertiary/aromatic N) is 1. The lowest BCUT2D eigenvalue weighted by Gasteiger charge is -2.21. The Morgan fingerprint density at radius 2 is 2.08 bits per heavy atom.